The smallest absolute Gasteiger partial charge is 0.744 e. The first-order chi connectivity index (χ1) is 23.0. The first-order valence-corrected chi connectivity index (χ1v) is 17.1. The number of rotatable bonds is 2. The summed E-state index contributed by atoms with van der Waals surface area (Å²) in [6, 6.07) is 23.8. The zero-order valence-electron chi connectivity index (χ0n) is 26.0. The normalized spacial score (nSPS) is 12.2. The van der Waals surface area contributed by atoms with Crippen LogP contribution >= 0.6 is 0 Å². The van der Waals surface area contributed by atoms with Crippen molar-refractivity contribution in [3.8, 4) is 45.6 Å². The van der Waals surface area contributed by atoms with Gasteiger partial charge in [-0.25, -0.2) is 46.7 Å². The quantitative estimate of drug-likeness (QED) is 0.157. The first-order valence-electron chi connectivity index (χ1n) is 14.2. The van der Waals surface area contributed by atoms with Crippen LogP contribution in [0.25, 0.3) is 89.7 Å². The second kappa shape index (κ2) is 12.4. The Labute approximate surface area is 326 Å². The molecule has 0 spiro atoms. The van der Waals surface area contributed by atoms with Crippen molar-refractivity contribution in [3.63, 3.8) is 0 Å². The zero-order chi connectivity index (χ0) is 32.9. The van der Waals surface area contributed by atoms with E-state index >= 15 is 0 Å². The monoisotopic (exact) mass is 718 g/mol. The number of nitrogens with one attached hydrogen (secondary N) is 2. The van der Waals surface area contributed by atoms with Gasteiger partial charge >= 0.3 is 59.1 Å². The van der Waals surface area contributed by atoms with E-state index < -0.39 is 35.4 Å². The van der Waals surface area contributed by atoms with Gasteiger partial charge in [-0.3, -0.25) is 0 Å². The third-order valence-corrected chi connectivity index (χ3v) is 10.1. The number of aromatic nitrogens is 8. The fraction of sp³-hybridized carbons (Fsp3) is 0. The van der Waals surface area contributed by atoms with Crippen molar-refractivity contribution in [1.82, 2.24) is 39.9 Å². The summed E-state index contributed by atoms with van der Waals surface area (Å²) in [6.07, 6.45) is 0. The summed E-state index contributed by atoms with van der Waals surface area (Å²) in [5, 5.41) is 1.13. The Morgan fingerprint density at radius 1 is 0.440 bits per heavy atom. The van der Waals surface area contributed by atoms with E-state index in [1.54, 1.807) is 36.4 Å². The molecule has 0 aliphatic carbocycles. The Balaban J connectivity index is 0.00000196. The van der Waals surface area contributed by atoms with Gasteiger partial charge in [-0.05, 0) is 12.1 Å². The molecule has 8 bridgehead atoms. The van der Waals surface area contributed by atoms with E-state index in [1.807, 2.05) is 36.4 Å². The molecule has 2 aliphatic heterocycles. The summed E-state index contributed by atoms with van der Waals surface area (Å²) in [5.41, 5.74) is 3.08. The van der Waals surface area contributed by atoms with Gasteiger partial charge < -0.3 is 19.1 Å². The average molecular weight is 719 g/mol. The van der Waals surface area contributed by atoms with E-state index in [0.29, 0.717) is 39.4 Å². The molecule has 5 heterocycles. The minimum atomic E-state index is -5.56. The van der Waals surface area contributed by atoms with Crippen LogP contribution in [0.4, 0.5) is 0 Å². The SMILES string of the molecule is O=S(=O)([O-])c1ccc2c3nc4nc(nc5[nH]c(nc6nc(nc([nH]3)c2c1S(=O)(=O)[O-])-c1ccccc1-6)c1ccccc51)-c1ccccc1-4.[Na+].[Na+]. The maximum Gasteiger partial charge on any atom is 1.00 e. The molecule has 0 amide bonds. The molecule has 234 valence electrons. The largest absolute Gasteiger partial charge is 1.00 e. The van der Waals surface area contributed by atoms with Gasteiger partial charge in [0.15, 0.2) is 23.3 Å². The van der Waals surface area contributed by atoms with Gasteiger partial charge in [0, 0.05) is 43.8 Å². The summed E-state index contributed by atoms with van der Waals surface area (Å²) in [5.74, 6) is 0.876. The number of hydrogen-bond donors (Lipinski definition) is 2. The Hall–Kier alpha value is -3.94. The van der Waals surface area contributed by atoms with Gasteiger partial charge in [0.25, 0.3) is 0 Å². The molecule has 3 aromatic heterocycles. The molecule has 0 unspecified atom stereocenters. The van der Waals surface area contributed by atoms with Crippen molar-refractivity contribution in [1.29, 1.82) is 0 Å². The maximum absolute atomic E-state index is 12.7. The van der Waals surface area contributed by atoms with Crippen molar-refractivity contribution in [2.75, 3.05) is 0 Å². The summed E-state index contributed by atoms with van der Waals surface area (Å²) < 4.78 is 74.7. The fourth-order valence-electron chi connectivity index (χ4n) is 6.13. The van der Waals surface area contributed by atoms with Crippen LogP contribution in [0.1, 0.15) is 0 Å². The molecule has 4 aromatic carbocycles. The predicted molar refractivity (Wildman–Crippen MR) is 172 cm³/mol. The van der Waals surface area contributed by atoms with E-state index in [4.69, 9.17) is 19.9 Å². The van der Waals surface area contributed by atoms with Crippen LogP contribution in [0.5, 0.6) is 0 Å². The molecule has 0 atom stereocenters. The first kappa shape index (κ1) is 34.5. The molecule has 0 fully saturated rings. The number of hydrogen-bond acceptors (Lipinski definition) is 12. The van der Waals surface area contributed by atoms with Crippen molar-refractivity contribution in [3.05, 3.63) is 84.9 Å². The second-order valence-electron chi connectivity index (χ2n) is 11.0. The summed E-state index contributed by atoms with van der Waals surface area (Å²) in [6.45, 7) is 0. The Kier molecular flexibility index (Phi) is 8.54. The third kappa shape index (κ3) is 5.48. The van der Waals surface area contributed by atoms with Crippen molar-refractivity contribution >= 4 is 64.4 Å². The molecule has 14 nitrogen and oxygen atoms in total. The number of fused-ring (bicyclic) bond motifs is 20. The molecule has 7 aromatic rings. The van der Waals surface area contributed by atoms with Crippen LogP contribution in [0.15, 0.2) is 94.7 Å². The van der Waals surface area contributed by atoms with Gasteiger partial charge in [-0.1, -0.05) is 72.8 Å². The fourth-order valence-corrected chi connectivity index (χ4v) is 8.07. The molecular formula is C32H16N8Na2O6S2. The Morgan fingerprint density at radius 3 is 1.24 bits per heavy atom. The average Bonchev–Trinajstić information content (AvgIpc) is 3.79. The van der Waals surface area contributed by atoms with E-state index in [1.165, 1.54) is 6.07 Å². The summed E-state index contributed by atoms with van der Waals surface area (Å²) in [4.78, 5) is 32.2. The third-order valence-electron chi connectivity index (χ3n) is 8.16. The minimum Gasteiger partial charge on any atom is -0.744 e. The molecule has 0 saturated heterocycles. The van der Waals surface area contributed by atoms with Crippen LogP contribution in [-0.2, 0) is 20.2 Å². The van der Waals surface area contributed by atoms with Crippen molar-refractivity contribution in [2.45, 2.75) is 9.79 Å². The second-order valence-corrected chi connectivity index (χ2v) is 13.6. The molecule has 18 heteroatoms. The molecule has 0 saturated carbocycles. The van der Waals surface area contributed by atoms with Crippen molar-refractivity contribution in [2.24, 2.45) is 0 Å². The van der Waals surface area contributed by atoms with E-state index in [9.17, 15) is 25.9 Å². The van der Waals surface area contributed by atoms with Gasteiger partial charge in [0.05, 0.1) is 9.79 Å². The maximum atomic E-state index is 12.7. The topological polar surface area (TPSA) is 223 Å². The van der Waals surface area contributed by atoms with Crippen LogP contribution in [0.3, 0.4) is 0 Å². The molecule has 9 rings (SSSR count). The van der Waals surface area contributed by atoms with Crippen LogP contribution < -0.4 is 59.1 Å². The molecule has 50 heavy (non-hydrogen) atoms. The number of H-pyrrole nitrogens is 2. The van der Waals surface area contributed by atoms with Crippen LogP contribution in [0.2, 0.25) is 0 Å². The minimum absolute atomic E-state index is 0. The Bertz CT molecular complexity index is 2980. The molecule has 2 N–H and O–H groups in total. The van der Waals surface area contributed by atoms with Gasteiger partial charge in [-0.15, -0.1) is 0 Å². The zero-order valence-corrected chi connectivity index (χ0v) is 31.7. The number of aromatic amines is 2. The van der Waals surface area contributed by atoms with E-state index in [2.05, 4.69) is 19.9 Å². The predicted octanol–water partition coefficient (Wildman–Crippen LogP) is -1.31. The number of nitrogens with zero attached hydrogens (tertiary/aromatic N) is 6. The molecule has 2 aliphatic rings. The van der Waals surface area contributed by atoms with E-state index in [-0.39, 0.29) is 93.3 Å². The number of benzene rings is 4. The standard InChI is InChI=1S/C32H18N8O6S2.2Na/c41-47(42,43)22-14-13-21-23(24(22)48(44,45)46)32-39-30-20-12-6-5-11-19(20)28(37-30)35-26-16-8-2-1-7-15(16)25(33-26)34-27-17-9-3-4-10-18(17)29(36-27)38-31(21)40-32;;/h1-14H,(H,41,42,43)(H,44,45,46)(H2,33,34,35,36,37,38,39,40);;/q;2*+1/p-2. The molecule has 0 radical (unpaired) electrons. The van der Waals surface area contributed by atoms with Crippen LogP contribution in [0, 0.1) is 0 Å². The van der Waals surface area contributed by atoms with Gasteiger partial charge in [0.2, 0.25) is 0 Å². The van der Waals surface area contributed by atoms with E-state index in [0.717, 1.165) is 16.8 Å². The van der Waals surface area contributed by atoms with Gasteiger partial charge in [-0.2, -0.15) is 0 Å². The van der Waals surface area contributed by atoms with Crippen LogP contribution in [-0.4, -0.2) is 65.8 Å². The van der Waals surface area contributed by atoms with Crippen molar-refractivity contribution < 1.29 is 85.1 Å². The molecular weight excluding hydrogens is 703 g/mol. The summed E-state index contributed by atoms with van der Waals surface area (Å²) in [7, 11) is -11.0. The van der Waals surface area contributed by atoms with Gasteiger partial charge in [0.1, 0.15) is 42.8 Å². The summed E-state index contributed by atoms with van der Waals surface area (Å²) >= 11 is 0. The Morgan fingerprint density at radius 2 is 0.820 bits per heavy atom.